The van der Waals surface area contributed by atoms with Gasteiger partial charge in [0.15, 0.2) is 0 Å². The second-order valence-electron chi connectivity index (χ2n) is 6.14. The predicted octanol–water partition coefficient (Wildman–Crippen LogP) is 3.55. The monoisotopic (exact) mass is 329 g/mol. The molecule has 1 amide bonds. The van der Waals surface area contributed by atoms with Crippen LogP contribution in [-0.4, -0.2) is 39.5 Å². The number of carbonyl (C=O) groups excluding carboxylic acids is 1. The summed E-state index contributed by atoms with van der Waals surface area (Å²) in [5.41, 5.74) is 0.135. The molecule has 0 radical (unpaired) electrons. The van der Waals surface area contributed by atoms with E-state index in [1.165, 1.54) is 11.0 Å². The van der Waals surface area contributed by atoms with Crippen LogP contribution in [-0.2, 0) is 11.3 Å². The van der Waals surface area contributed by atoms with Gasteiger partial charge in [0.1, 0.15) is 11.4 Å². The van der Waals surface area contributed by atoms with Gasteiger partial charge in [-0.1, -0.05) is 24.6 Å². The van der Waals surface area contributed by atoms with Crippen LogP contribution >= 0.6 is 11.6 Å². The highest BCUT2D eigenvalue weighted by Gasteiger charge is 2.27. The molecule has 0 aliphatic heterocycles. The number of ether oxygens (including phenoxy) is 1. The van der Waals surface area contributed by atoms with Gasteiger partial charge in [-0.05, 0) is 44.9 Å². The zero-order valence-electron chi connectivity index (χ0n) is 13.5. The van der Waals surface area contributed by atoms with Crippen LogP contribution in [0.4, 0.5) is 4.79 Å². The van der Waals surface area contributed by atoms with Crippen LogP contribution < -0.4 is 0 Å². The smallest absolute Gasteiger partial charge is 0.410 e. The number of benzene rings is 1. The Morgan fingerprint density at radius 2 is 2.05 bits per heavy atom. The zero-order chi connectivity index (χ0) is 16.9. The maximum Gasteiger partial charge on any atom is 0.410 e. The van der Waals surface area contributed by atoms with Gasteiger partial charge in [-0.3, -0.25) is 4.90 Å². The Balaban J connectivity index is 2.99. The molecule has 1 aromatic rings. The molecule has 0 spiro atoms. The average Bonchev–Trinajstić information content (AvgIpc) is 2.41. The van der Waals surface area contributed by atoms with Crippen LogP contribution in [0.1, 0.15) is 39.7 Å². The van der Waals surface area contributed by atoms with Crippen molar-refractivity contribution in [3.8, 4) is 5.75 Å². The number of aliphatic hydroxyl groups excluding tert-OH is 1. The largest absolute Gasteiger partial charge is 0.506 e. The number of aliphatic hydroxyl groups is 1. The molecule has 1 atom stereocenters. The van der Waals surface area contributed by atoms with Gasteiger partial charge < -0.3 is 14.9 Å². The fourth-order valence-electron chi connectivity index (χ4n) is 1.96. The Kier molecular flexibility index (Phi) is 6.50. The number of halogens is 1. The summed E-state index contributed by atoms with van der Waals surface area (Å²) in [7, 11) is 0. The van der Waals surface area contributed by atoms with Gasteiger partial charge in [0.2, 0.25) is 0 Å². The van der Waals surface area contributed by atoms with Crippen molar-refractivity contribution in [3.05, 3.63) is 28.8 Å². The van der Waals surface area contributed by atoms with Crippen molar-refractivity contribution in [2.24, 2.45) is 0 Å². The highest BCUT2D eigenvalue weighted by atomic mass is 35.5. The number of nitrogens with zero attached hydrogens (tertiary/aromatic N) is 1. The molecule has 0 aliphatic carbocycles. The number of hydrogen-bond acceptors (Lipinski definition) is 4. The fourth-order valence-corrected chi connectivity index (χ4v) is 2.16. The minimum Gasteiger partial charge on any atom is -0.506 e. The molecule has 0 heterocycles. The molecule has 1 rings (SSSR count). The lowest BCUT2D eigenvalue weighted by Crippen LogP contribution is -2.44. The molecule has 0 aromatic heterocycles. The minimum atomic E-state index is -0.615. The fraction of sp³-hybridized carbons (Fsp3) is 0.562. The van der Waals surface area contributed by atoms with Gasteiger partial charge in [0, 0.05) is 6.54 Å². The summed E-state index contributed by atoms with van der Waals surface area (Å²) in [5, 5.41) is 19.2. The number of phenolic OH excluding ortho intramolecular Hbond substituents is 1. The maximum atomic E-state index is 12.4. The first-order chi connectivity index (χ1) is 10.2. The van der Waals surface area contributed by atoms with Crippen LogP contribution in [0.15, 0.2) is 18.2 Å². The van der Waals surface area contributed by atoms with Crippen LogP contribution in [0, 0.1) is 0 Å². The third-order valence-electron chi connectivity index (χ3n) is 3.12. The van der Waals surface area contributed by atoms with E-state index in [1.54, 1.807) is 32.9 Å². The number of aromatic hydroxyl groups is 1. The SMILES string of the molecule is CCC(CO)N(Cc1ccc(O)c(Cl)c1)C(=O)OC(C)(C)C. The highest BCUT2D eigenvalue weighted by Crippen LogP contribution is 2.25. The van der Waals surface area contributed by atoms with Gasteiger partial charge >= 0.3 is 6.09 Å². The van der Waals surface area contributed by atoms with Crippen molar-refractivity contribution in [1.82, 2.24) is 4.90 Å². The Morgan fingerprint density at radius 3 is 2.50 bits per heavy atom. The molecule has 6 heteroatoms. The Hall–Kier alpha value is -1.46. The third kappa shape index (κ3) is 5.39. The van der Waals surface area contributed by atoms with Crippen molar-refractivity contribution in [1.29, 1.82) is 0 Å². The van der Waals surface area contributed by atoms with E-state index >= 15 is 0 Å². The van der Waals surface area contributed by atoms with E-state index in [4.69, 9.17) is 16.3 Å². The molecule has 0 aliphatic rings. The van der Waals surface area contributed by atoms with E-state index < -0.39 is 11.7 Å². The normalized spacial score (nSPS) is 12.8. The maximum absolute atomic E-state index is 12.4. The first kappa shape index (κ1) is 18.6. The van der Waals surface area contributed by atoms with Crippen LogP contribution in [0.5, 0.6) is 5.75 Å². The Bertz CT molecular complexity index is 509. The zero-order valence-corrected chi connectivity index (χ0v) is 14.2. The van der Waals surface area contributed by atoms with Crippen molar-refractivity contribution in [2.75, 3.05) is 6.61 Å². The molecule has 1 aromatic carbocycles. The number of hydrogen-bond donors (Lipinski definition) is 2. The van der Waals surface area contributed by atoms with Crippen LogP contribution in [0.3, 0.4) is 0 Å². The number of rotatable bonds is 5. The summed E-state index contributed by atoms with van der Waals surface area (Å²) in [4.78, 5) is 13.9. The van der Waals surface area contributed by atoms with Crippen molar-refractivity contribution in [2.45, 2.75) is 52.3 Å². The first-order valence-electron chi connectivity index (χ1n) is 7.25. The molecule has 0 fully saturated rings. The molecule has 0 bridgehead atoms. The molecule has 2 N–H and O–H groups in total. The van der Waals surface area contributed by atoms with Crippen LogP contribution in [0.25, 0.3) is 0 Å². The molecular weight excluding hydrogens is 306 g/mol. The molecule has 22 heavy (non-hydrogen) atoms. The molecule has 124 valence electrons. The summed E-state index contributed by atoms with van der Waals surface area (Å²) >= 11 is 5.90. The lowest BCUT2D eigenvalue weighted by molar-refractivity contribution is 0.00639. The second kappa shape index (κ2) is 7.70. The van der Waals surface area contributed by atoms with Gasteiger partial charge in [-0.25, -0.2) is 4.79 Å². The van der Waals surface area contributed by atoms with E-state index in [9.17, 15) is 15.0 Å². The quantitative estimate of drug-likeness (QED) is 0.866. The van der Waals surface area contributed by atoms with E-state index in [1.807, 2.05) is 6.92 Å². The Morgan fingerprint density at radius 1 is 1.41 bits per heavy atom. The molecule has 0 saturated carbocycles. The second-order valence-corrected chi connectivity index (χ2v) is 6.55. The number of carbonyl (C=O) groups is 1. The standard InChI is InChI=1S/C16H24ClNO4/c1-5-12(10-19)18(15(21)22-16(2,3)4)9-11-6-7-14(20)13(17)8-11/h6-8,12,19-20H,5,9-10H2,1-4H3. The summed E-state index contributed by atoms with van der Waals surface area (Å²) in [6.45, 7) is 7.36. The summed E-state index contributed by atoms with van der Waals surface area (Å²) in [6, 6.07) is 4.41. The third-order valence-corrected chi connectivity index (χ3v) is 3.42. The lowest BCUT2D eigenvalue weighted by atomic mass is 10.1. The van der Waals surface area contributed by atoms with E-state index in [0.717, 1.165) is 5.56 Å². The van der Waals surface area contributed by atoms with Crippen molar-refractivity contribution < 1.29 is 19.7 Å². The number of phenols is 1. The van der Waals surface area contributed by atoms with Crippen molar-refractivity contribution in [3.63, 3.8) is 0 Å². The first-order valence-corrected chi connectivity index (χ1v) is 7.63. The summed E-state index contributed by atoms with van der Waals surface area (Å²) in [6.07, 6.45) is 0.110. The van der Waals surface area contributed by atoms with E-state index in [0.29, 0.717) is 6.42 Å². The summed E-state index contributed by atoms with van der Waals surface area (Å²) in [5.74, 6) is -0.0107. The average molecular weight is 330 g/mol. The molecular formula is C16H24ClNO4. The van der Waals surface area contributed by atoms with Gasteiger partial charge in [0.05, 0.1) is 17.7 Å². The van der Waals surface area contributed by atoms with Gasteiger partial charge in [-0.15, -0.1) is 0 Å². The van der Waals surface area contributed by atoms with E-state index in [-0.39, 0.29) is 30.0 Å². The van der Waals surface area contributed by atoms with Gasteiger partial charge in [0.25, 0.3) is 0 Å². The van der Waals surface area contributed by atoms with Crippen molar-refractivity contribution >= 4 is 17.7 Å². The van der Waals surface area contributed by atoms with Gasteiger partial charge in [-0.2, -0.15) is 0 Å². The summed E-state index contributed by atoms with van der Waals surface area (Å²) < 4.78 is 5.40. The highest BCUT2D eigenvalue weighted by molar-refractivity contribution is 6.32. The Labute approximate surface area is 136 Å². The molecule has 0 saturated heterocycles. The molecule has 1 unspecified atom stereocenters. The topological polar surface area (TPSA) is 70.0 Å². The molecule has 5 nitrogen and oxygen atoms in total. The predicted molar refractivity (Wildman–Crippen MR) is 86.1 cm³/mol. The lowest BCUT2D eigenvalue weighted by Gasteiger charge is -2.32. The minimum absolute atomic E-state index is 0.0107. The number of amides is 1. The van der Waals surface area contributed by atoms with E-state index in [2.05, 4.69) is 0 Å². The van der Waals surface area contributed by atoms with Crippen LogP contribution in [0.2, 0.25) is 5.02 Å².